The number of rotatable bonds is 4. The number of carbonyl (C=O) groups is 1. The molecule has 0 saturated heterocycles. The van der Waals surface area contributed by atoms with Crippen molar-refractivity contribution in [1.29, 1.82) is 0 Å². The Morgan fingerprint density at radius 3 is 2.62 bits per heavy atom. The van der Waals surface area contributed by atoms with Gasteiger partial charge in [0.2, 0.25) is 0 Å². The molecule has 1 unspecified atom stereocenters. The van der Waals surface area contributed by atoms with Crippen LogP contribution in [0.1, 0.15) is 18.5 Å². The number of carbonyl (C=O) groups excluding carboxylic acids is 1. The minimum atomic E-state index is -0.851. The van der Waals surface area contributed by atoms with E-state index in [1.54, 1.807) is 25.1 Å². The second kappa shape index (κ2) is 7.56. The molecule has 8 heteroatoms. The first-order chi connectivity index (χ1) is 13.9. The molecule has 0 spiro atoms. The average Bonchev–Trinajstić information content (AvgIpc) is 3.12. The molecule has 2 aromatic heterocycles. The quantitative estimate of drug-likeness (QED) is 0.550. The number of nitrogens with zero attached hydrogens (tertiary/aromatic N) is 3. The van der Waals surface area contributed by atoms with Gasteiger partial charge in [-0.1, -0.05) is 23.5 Å². The fourth-order valence-corrected chi connectivity index (χ4v) is 3.88. The normalized spacial score (nSPS) is 12.1. The maximum absolute atomic E-state index is 13.2. The van der Waals surface area contributed by atoms with Crippen LogP contribution >= 0.6 is 11.3 Å². The maximum atomic E-state index is 13.2. The summed E-state index contributed by atoms with van der Waals surface area (Å²) in [5, 5.41) is 7.53. The molecule has 29 heavy (non-hydrogen) atoms. The van der Waals surface area contributed by atoms with Crippen molar-refractivity contribution in [2.75, 3.05) is 5.32 Å². The number of para-hydroxylation sites is 1. The predicted octanol–water partition coefficient (Wildman–Crippen LogP) is 4.17. The monoisotopic (exact) mass is 408 g/mol. The fourth-order valence-electron chi connectivity index (χ4n) is 2.94. The number of anilines is 1. The number of hydrogen-bond donors (Lipinski definition) is 1. The van der Waals surface area contributed by atoms with Crippen molar-refractivity contribution < 1.29 is 9.18 Å². The summed E-state index contributed by atoms with van der Waals surface area (Å²) in [5.74, 6) is -0.756. The van der Waals surface area contributed by atoms with E-state index in [0.29, 0.717) is 16.4 Å². The summed E-state index contributed by atoms with van der Waals surface area (Å²) in [4.78, 5) is 29.5. The number of amides is 1. The van der Waals surface area contributed by atoms with Gasteiger partial charge in [-0.25, -0.2) is 14.1 Å². The molecule has 1 atom stereocenters. The van der Waals surface area contributed by atoms with Crippen LogP contribution in [0.5, 0.6) is 0 Å². The molecule has 0 aliphatic heterocycles. The first-order valence-corrected chi connectivity index (χ1v) is 9.77. The third-order valence-electron chi connectivity index (χ3n) is 4.56. The Morgan fingerprint density at radius 2 is 1.90 bits per heavy atom. The highest BCUT2D eigenvalue weighted by molar-refractivity contribution is 7.22. The van der Waals surface area contributed by atoms with Gasteiger partial charge in [-0.2, -0.15) is 5.10 Å². The summed E-state index contributed by atoms with van der Waals surface area (Å²) in [5.41, 5.74) is 2.58. The van der Waals surface area contributed by atoms with E-state index >= 15 is 0 Å². The molecule has 1 amide bonds. The van der Waals surface area contributed by atoms with Crippen LogP contribution in [0, 0.1) is 12.7 Å². The topological polar surface area (TPSA) is 76.9 Å². The molecular weight excluding hydrogens is 391 g/mol. The zero-order chi connectivity index (χ0) is 20.5. The van der Waals surface area contributed by atoms with Gasteiger partial charge in [-0.15, -0.1) is 0 Å². The second-order valence-corrected chi connectivity index (χ2v) is 7.64. The summed E-state index contributed by atoms with van der Waals surface area (Å²) in [7, 11) is 0. The van der Waals surface area contributed by atoms with Gasteiger partial charge in [0.05, 0.1) is 15.9 Å². The molecule has 0 fully saturated rings. The first kappa shape index (κ1) is 18.9. The van der Waals surface area contributed by atoms with Crippen LogP contribution in [0.25, 0.3) is 21.5 Å². The highest BCUT2D eigenvalue weighted by atomic mass is 32.1. The molecule has 2 aromatic carbocycles. The summed E-state index contributed by atoms with van der Waals surface area (Å²) in [6.07, 6.45) is 0. The molecular formula is C21H17FN4O2S. The van der Waals surface area contributed by atoms with Gasteiger partial charge in [0, 0.05) is 11.6 Å². The number of nitrogens with one attached hydrogen (secondary N) is 1. The number of benzene rings is 2. The Bertz CT molecular complexity index is 1260. The van der Waals surface area contributed by atoms with Crippen LogP contribution in [-0.2, 0) is 4.79 Å². The number of thiazole rings is 1. The molecule has 0 radical (unpaired) electrons. The Balaban J connectivity index is 1.61. The van der Waals surface area contributed by atoms with Crippen molar-refractivity contribution in [3.8, 4) is 11.3 Å². The highest BCUT2D eigenvalue weighted by Crippen LogP contribution is 2.28. The van der Waals surface area contributed by atoms with E-state index in [1.807, 2.05) is 25.1 Å². The van der Waals surface area contributed by atoms with Crippen molar-refractivity contribution >= 4 is 32.6 Å². The third kappa shape index (κ3) is 3.79. The molecule has 146 valence electrons. The van der Waals surface area contributed by atoms with Crippen LogP contribution in [0.4, 0.5) is 9.52 Å². The highest BCUT2D eigenvalue weighted by Gasteiger charge is 2.20. The van der Waals surface area contributed by atoms with E-state index in [4.69, 9.17) is 0 Å². The van der Waals surface area contributed by atoms with Crippen molar-refractivity contribution in [1.82, 2.24) is 14.8 Å². The minimum absolute atomic E-state index is 0.360. The largest absolute Gasteiger partial charge is 0.300 e. The van der Waals surface area contributed by atoms with Gasteiger partial charge in [-0.3, -0.25) is 9.59 Å². The average molecular weight is 408 g/mol. The van der Waals surface area contributed by atoms with Gasteiger partial charge >= 0.3 is 0 Å². The summed E-state index contributed by atoms with van der Waals surface area (Å²) in [6, 6.07) is 13.7. The van der Waals surface area contributed by atoms with E-state index < -0.39 is 17.5 Å². The third-order valence-corrected chi connectivity index (χ3v) is 5.50. The second-order valence-electron chi connectivity index (χ2n) is 6.61. The van der Waals surface area contributed by atoms with Crippen LogP contribution in [0.2, 0.25) is 0 Å². The van der Waals surface area contributed by atoms with E-state index in [1.165, 1.54) is 29.5 Å². The van der Waals surface area contributed by atoms with E-state index in [9.17, 15) is 14.0 Å². The molecule has 4 rings (SSSR count). The number of hydrogen-bond acceptors (Lipinski definition) is 5. The lowest BCUT2D eigenvalue weighted by Gasteiger charge is -2.14. The van der Waals surface area contributed by atoms with Gasteiger partial charge in [-0.05, 0) is 55.8 Å². The van der Waals surface area contributed by atoms with Gasteiger partial charge in [0.1, 0.15) is 11.9 Å². The summed E-state index contributed by atoms with van der Waals surface area (Å²) >= 11 is 1.37. The Labute approximate surface area is 169 Å². The van der Waals surface area contributed by atoms with E-state index in [0.717, 1.165) is 20.5 Å². The van der Waals surface area contributed by atoms with Crippen molar-refractivity contribution in [3.63, 3.8) is 0 Å². The van der Waals surface area contributed by atoms with Gasteiger partial charge < -0.3 is 5.32 Å². The Hall–Kier alpha value is -3.39. The molecule has 1 N–H and O–H groups in total. The SMILES string of the molecule is Cc1cccc2sc(NC(=O)C(C)n3nc(-c4ccc(F)cc4)ccc3=O)nc12. The molecule has 0 aliphatic carbocycles. The van der Waals surface area contributed by atoms with E-state index in [-0.39, 0.29) is 5.82 Å². The summed E-state index contributed by atoms with van der Waals surface area (Å²) < 4.78 is 15.2. The van der Waals surface area contributed by atoms with Crippen molar-refractivity contribution in [2.45, 2.75) is 19.9 Å². The predicted molar refractivity (Wildman–Crippen MR) is 112 cm³/mol. The van der Waals surface area contributed by atoms with Crippen LogP contribution in [-0.4, -0.2) is 20.7 Å². The lowest BCUT2D eigenvalue weighted by atomic mass is 10.1. The Kier molecular flexibility index (Phi) is 4.94. The zero-order valence-corrected chi connectivity index (χ0v) is 16.5. The van der Waals surface area contributed by atoms with Crippen LogP contribution < -0.4 is 10.9 Å². The molecule has 0 saturated carbocycles. The molecule has 0 bridgehead atoms. The van der Waals surface area contributed by atoms with Gasteiger partial charge in [0.15, 0.2) is 5.13 Å². The Morgan fingerprint density at radius 1 is 1.14 bits per heavy atom. The first-order valence-electron chi connectivity index (χ1n) is 8.95. The van der Waals surface area contributed by atoms with Crippen LogP contribution in [0.3, 0.4) is 0 Å². The number of aryl methyl sites for hydroxylation is 1. The summed E-state index contributed by atoms with van der Waals surface area (Å²) in [6.45, 7) is 3.55. The van der Waals surface area contributed by atoms with Crippen molar-refractivity contribution in [2.24, 2.45) is 0 Å². The number of halogens is 1. The number of aromatic nitrogens is 3. The van der Waals surface area contributed by atoms with Gasteiger partial charge in [0.25, 0.3) is 11.5 Å². The van der Waals surface area contributed by atoms with Crippen molar-refractivity contribution in [3.05, 3.63) is 76.3 Å². The number of fused-ring (bicyclic) bond motifs is 1. The zero-order valence-electron chi connectivity index (χ0n) is 15.7. The minimum Gasteiger partial charge on any atom is -0.300 e. The molecule has 4 aromatic rings. The van der Waals surface area contributed by atoms with Crippen LogP contribution in [0.15, 0.2) is 59.4 Å². The standard InChI is InChI=1S/C21H17FN4O2S/c1-12-4-3-5-17-19(12)23-21(29-17)24-20(28)13(2)26-18(27)11-10-16(25-26)14-6-8-15(22)9-7-14/h3-11,13H,1-2H3,(H,23,24,28). The smallest absolute Gasteiger partial charge is 0.267 e. The molecule has 0 aliphatic rings. The lowest BCUT2D eigenvalue weighted by molar-refractivity contribution is -0.119. The lowest BCUT2D eigenvalue weighted by Crippen LogP contribution is -2.33. The van der Waals surface area contributed by atoms with E-state index in [2.05, 4.69) is 15.4 Å². The molecule has 6 nitrogen and oxygen atoms in total. The fraction of sp³-hybridized carbons (Fsp3) is 0.143. The molecule has 2 heterocycles. The maximum Gasteiger partial charge on any atom is 0.267 e.